The molecule has 5 nitrogen and oxygen atoms in total. The number of rotatable bonds is 5. The van der Waals surface area contributed by atoms with Crippen molar-refractivity contribution in [2.24, 2.45) is 5.92 Å². The van der Waals surface area contributed by atoms with Gasteiger partial charge >= 0.3 is 0 Å². The lowest BCUT2D eigenvalue weighted by Crippen LogP contribution is -2.31. The molecule has 1 saturated carbocycles. The smallest absolute Gasteiger partial charge is 0.238 e. The number of ketones is 1. The number of nitrogens with one attached hydrogen (secondary N) is 1. The van der Waals surface area contributed by atoms with Gasteiger partial charge in [-0.05, 0) is 57.0 Å². The van der Waals surface area contributed by atoms with Crippen molar-refractivity contribution in [2.45, 2.75) is 25.7 Å². The lowest BCUT2D eigenvalue weighted by molar-refractivity contribution is -0.117. The SMILES string of the molecule is O=C(CN1CCCC1)Nc1c(C(=O)C2CC2)oc2ccc(Br)cc12. The molecular weight excluding hydrogens is 372 g/mol. The number of hydrogen-bond donors (Lipinski definition) is 1. The predicted octanol–water partition coefficient (Wildman–Crippen LogP) is 3.82. The molecule has 4 rings (SSSR count). The lowest BCUT2D eigenvalue weighted by atomic mass is 10.1. The molecule has 0 radical (unpaired) electrons. The molecule has 6 heteroatoms. The largest absolute Gasteiger partial charge is 0.451 e. The van der Waals surface area contributed by atoms with E-state index < -0.39 is 0 Å². The standard InChI is InChI=1S/C18H19BrN2O3/c19-12-5-6-14-13(9-12)16(18(24-14)17(23)11-3-4-11)20-15(22)10-21-7-1-2-8-21/h5-6,9,11H,1-4,7-8,10H2,(H,20,22). The number of likely N-dealkylation sites (tertiary alicyclic amines) is 1. The Morgan fingerprint density at radius 2 is 2.00 bits per heavy atom. The molecule has 0 unspecified atom stereocenters. The first-order valence-corrected chi connectivity index (χ1v) is 9.19. The van der Waals surface area contributed by atoms with Crippen molar-refractivity contribution in [3.8, 4) is 0 Å². The highest BCUT2D eigenvalue weighted by molar-refractivity contribution is 9.10. The quantitative estimate of drug-likeness (QED) is 0.788. The molecule has 24 heavy (non-hydrogen) atoms. The zero-order chi connectivity index (χ0) is 16.7. The van der Waals surface area contributed by atoms with Gasteiger partial charge in [0, 0.05) is 15.8 Å². The topological polar surface area (TPSA) is 62.6 Å². The maximum absolute atomic E-state index is 12.5. The summed E-state index contributed by atoms with van der Waals surface area (Å²) in [7, 11) is 0. The predicted molar refractivity (Wildman–Crippen MR) is 95.3 cm³/mol. The van der Waals surface area contributed by atoms with Gasteiger partial charge in [-0.2, -0.15) is 0 Å². The first kappa shape index (κ1) is 15.8. The van der Waals surface area contributed by atoms with E-state index in [0.29, 0.717) is 23.6 Å². The number of fused-ring (bicyclic) bond motifs is 1. The maximum atomic E-state index is 12.5. The van der Waals surface area contributed by atoms with Crippen LogP contribution in [0.4, 0.5) is 5.69 Å². The third kappa shape index (κ3) is 3.13. The van der Waals surface area contributed by atoms with E-state index in [4.69, 9.17) is 4.42 Å². The minimum absolute atomic E-state index is 0.00112. The Bertz CT molecular complexity index is 804. The van der Waals surface area contributed by atoms with Gasteiger partial charge in [0.2, 0.25) is 11.7 Å². The highest BCUT2D eigenvalue weighted by Crippen LogP contribution is 2.39. The summed E-state index contributed by atoms with van der Waals surface area (Å²) in [5, 5.41) is 3.70. The number of furan rings is 1. The molecule has 126 valence electrons. The van der Waals surface area contributed by atoms with Crippen LogP contribution in [0, 0.1) is 5.92 Å². The molecule has 1 aromatic heterocycles. The summed E-state index contributed by atoms with van der Waals surface area (Å²) in [6, 6.07) is 5.57. The van der Waals surface area contributed by atoms with E-state index >= 15 is 0 Å². The molecule has 0 spiro atoms. The van der Waals surface area contributed by atoms with Crippen LogP contribution < -0.4 is 5.32 Å². The van der Waals surface area contributed by atoms with Crippen LogP contribution in [-0.2, 0) is 4.79 Å². The van der Waals surface area contributed by atoms with E-state index in [9.17, 15) is 9.59 Å². The Kier molecular flexibility index (Phi) is 4.18. The van der Waals surface area contributed by atoms with E-state index in [0.717, 1.165) is 48.6 Å². The second-order valence-corrected chi connectivity index (χ2v) is 7.53. The Labute approximate surface area is 148 Å². The van der Waals surface area contributed by atoms with Crippen molar-refractivity contribution in [3.63, 3.8) is 0 Å². The average Bonchev–Trinajstić information content (AvgIpc) is 3.19. The lowest BCUT2D eigenvalue weighted by Gasteiger charge is -2.14. The average molecular weight is 391 g/mol. The highest BCUT2D eigenvalue weighted by Gasteiger charge is 2.35. The van der Waals surface area contributed by atoms with E-state index in [1.807, 2.05) is 18.2 Å². The minimum Gasteiger partial charge on any atom is -0.451 e. The van der Waals surface area contributed by atoms with Crippen molar-refractivity contribution in [1.82, 2.24) is 4.90 Å². The zero-order valence-electron chi connectivity index (χ0n) is 13.3. The van der Waals surface area contributed by atoms with Crippen LogP contribution in [0.25, 0.3) is 11.0 Å². The zero-order valence-corrected chi connectivity index (χ0v) is 14.9. The molecule has 1 aromatic carbocycles. The third-order valence-corrected chi connectivity index (χ3v) is 5.15. The van der Waals surface area contributed by atoms with Gasteiger partial charge in [0.1, 0.15) is 5.58 Å². The second kappa shape index (κ2) is 6.33. The van der Waals surface area contributed by atoms with Crippen molar-refractivity contribution < 1.29 is 14.0 Å². The number of benzene rings is 1. The van der Waals surface area contributed by atoms with Crippen LogP contribution in [-0.4, -0.2) is 36.2 Å². The van der Waals surface area contributed by atoms with Gasteiger partial charge in [-0.3, -0.25) is 14.5 Å². The second-order valence-electron chi connectivity index (χ2n) is 6.62. The molecule has 2 aliphatic rings. The van der Waals surface area contributed by atoms with Gasteiger partial charge in [0.15, 0.2) is 5.76 Å². The number of halogens is 1. The molecule has 2 heterocycles. The number of Topliss-reactive ketones (excluding diaryl/α,β-unsaturated/α-hetero) is 1. The molecule has 1 aliphatic heterocycles. The molecule has 1 aliphatic carbocycles. The van der Waals surface area contributed by atoms with Crippen LogP contribution in [0.1, 0.15) is 36.2 Å². The Hall–Kier alpha value is -1.66. The van der Waals surface area contributed by atoms with Crippen molar-refractivity contribution in [1.29, 1.82) is 0 Å². The van der Waals surface area contributed by atoms with E-state index in [-0.39, 0.29) is 17.6 Å². The highest BCUT2D eigenvalue weighted by atomic mass is 79.9. The first-order chi connectivity index (χ1) is 11.6. The van der Waals surface area contributed by atoms with Crippen molar-refractivity contribution >= 4 is 44.3 Å². The Morgan fingerprint density at radius 1 is 1.25 bits per heavy atom. The fourth-order valence-electron chi connectivity index (χ4n) is 3.22. The van der Waals surface area contributed by atoms with Crippen LogP contribution in [0.2, 0.25) is 0 Å². The number of amides is 1. The van der Waals surface area contributed by atoms with Crippen LogP contribution in [0.5, 0.6) is 0 Å². The molecule has 0 bridgehead atoms. The van der Waals surface area contributed by atoms with Gasteiger partial charge in [0.05, 0.1) is 12.2 Å². The molecule has 1 amide bonds. The molecule has 0 atom stereocenters. The van der Waals surface area contributed by atoms with Crippen LogP contribution in [0.3, 0.4) is 0 Å². The molecular formula is C18H19BrN2O3. The fourth-order valence-corrected chi connectivity index (χ4v) is 3.58. The summed E-state index contributed by atoms with van der Waals surface area (Å²) in [6.07, 6.45) is 4.09. The van der Waals surface area contributed by atoms with Crippen LogP contribution >= 0.6 is 15.9 Å². The number of anilines is 1. The Balaban J connectivity index is 1.65. The molecule has 1 N–H and O–H groups in total. The van der Waals surface area contributed by atoms with Gasteiger partial charge in [0.25, 0.3) is 0 Å². The van der Waals surface area contributed by atoms with Crippen molar-refractivity contribution in [2.75, 3.05) is 25.0 Å². The molecule has 2 fully saturated rings. The fraction of sp³-hybridized carbons (Fsp3) is 0.444. The van der Waals surface area contributed by atoms with Gasteiger partial charge in [-0.1, -0.05) is 15.9 Å². The summed E-state index contributed by atoms with van der Waals surface area (Å²) in [5.41, 5.74) is 1.14. The first-order valence-electron chi connectivity index (χ1n) is 8.40. The Morgan fingerprint density at radius 3 is 2.71 bits per heavy atom. The van der Waals surface area contributed by atoms with E-state index in [1.54, 1.807) is 0 Å². The number of carbonyl (C=O) groups is 2. The normalized spacial score (nSPS) is 18.2. The van der Waals surface area contributed by atoms with E-state index in [1.165, 1.54) is 0 Å². The summed E-state index contributed by atoms with van der Waals surface area (Å²) in [4.78, 5) is 27.1. The van der Waals surface area contributed by atoms with Crippen molar-refractivity contribution in [3.05, 3.63) is 28.4 Å². The summed E-state index contributed by atoms with van der Waals surface area (Å²) in [6.45, 7) is 2.27. The van der Waals surface area contributed by atoms with E-state index in [2.05, 4.69) is 26.1 Å². The number of nitrogens with zero attached hydrogens (tertiary/aromatic N) is 1. The summed E-state index contributed by atoms with van der Waals surface area (Å²) < 4.78 is 6.67. The monoisotopic (exact) mass is 390 g/mol. The summed E-state index contributed by atoms with van der Waals surface area (Å²) >= 11 is 3.44. The minimum atomic E-state index is -0.0931. The number of carbonyl (C=O) groups excluding carboxylic acids is 2. The van der Waals surface area contributed by atoms with Gasteiger partial charge in [-0.15, -0.1) is 0 Å². The third-order valence-electron chi connectivity index (χ3n) is 4.65. The number of hydrogen-bond acceptors (Lipinski definition) is 4. The van der Waals surface area contributed by atoms with Gasteiger partial charge < -0.3 is 9.73 Å². The molecule has 2 aromatic rings. The molecule has 1 saturated heterocycles. The van der Waals surface area contributed by atoms with Gasteiger partial charge in [-0.25, -0.2) is 0 Å². The van der Waals surface area contributed by atoms with Crippen LogP contribution in [0.15, 0.2) is 27.1 Å². The summed E-state index contributed by atoms with van der Waals surface area (Å²) in [5.74, 6) is 0.242. The maximum Gasteiger partial charge on any atom is 0.238 e.